The molecule has 6 atom stereocenters. The number of nitrogens with zero attached hydrogens (tertiary/aromatic N) is 2. The van der Waals surface area contributed by atoms with Crippen molar-refractivity contribution >= 4 is 25.3 Å². The zero-order valence-electron chi connectivity index (χ0n) is 14.5. The van der Waals surface area contributed by atoms with Crippen molar-refractivity contribution in [2.24, 2.45) is 0 Å². The number of aliphatic hydroxyl groups is 2. The molecule has 2 aliphatic rings. The summed E-state index contributed by atoms with van der Waals surface area (Å²) < 4.78 is 18.7. The van der Waals surface area contributed by atoms with Crippen LogP contribution in [0.2, 0.25) is 0 Å². The predicted molar refractivity (Wildman–Crippen MR) is 102 cm³/mol. The maximum absolute atomic E-state index is 12.3. The van der Waals surface area contributed by atoms with Crippen molar-refractivity contribution in [2.45, 2.75) is 35.0 Å². The lowest BCUT2D eigenvalue weighted by Gasteiger charge is -2.24. The molecule has 2 fully saturated rings. The molecular formula is C16H19N4O6PS. The zero-order valence-corrected chi connectivity index (χ0v) is 16.2. The van der Waals surface area contributed by atoms with E-state index < -0.39 is 41.9 Å². The molecule has 28 heavy (non-hydrogen) atoms. The summed E-state index contributed by atoms with van der Waals surface area (Å²) in [5.74, 6) is 0.0505. The molecule has 12 heteroatoms. The molecule has 1 saturated carbocycles. The molecule has 0 spiro atoms. The van der Waals surface area contributed by atoms with Crippen molar-refractivity contribution in [3.05, 3.63) is 58.6 Å². The van der Waals surface area contributed by atoms with Crippen LogP contribution in [0.25, 0.3) is 0 Å². The van der Waals surface area contributed by atoms with E-state index in [0.717, 1.165) is 17.3 Å². The van der Waals surface area contributed by atoms with Crippen LogP contribution in [-0.2, 0) is 15.6 Å². The summed E-state index contributed by atoms with van der Waals surface area (Å²) in [6.07, 6.45) is -1.04. The molecule has 0 radical (unpaired) electrons. The molecule has 2 unspecified atom stereocenters. The zero-order chi connectivity index (χ0) is 20.1. The van der Waals surface area contributed by atoms with Gasteiger partial charge in [-0.15, -0.1) is 11.8 Å². The van der Waals surface area contributed by atoms with Crippen molar-refractivity contribution in [3.63, 3.8) is 0 Å². The van der Waals surface area contributed by atoms with Gasteiger partial charge in [0.25, 0.3) is 0 Å². The lowest BCUT2D eigenvalue weighted by molar-refractivity contribution is -0.0309. The summed E-state index contributed by atoms with van der Waals surface area (Å²) in [7, 11) is -4.21. The van der Waals surface area contributed by atoms with E-state index in [1.165, 1.54) is 16.8 Å². The molecule has 10 nitrogen and oxygen atoms in total. The summed E-state index contributed by atoms with van der Waals surface area (Å²) in [5.41, 5.74) is 3.86. The quantitative estimate of drug-likeness (QED) is 0.392. The summed E-state index contributed by atoms with van der Waals surface area (Å²) in [5, 5.41) is 22.2. The fourth-order valence-electron chi connectivity index (χ4n) is 3.26. The van der Waals surface area contributed by atoms with Crippen LogP contribution in [0.5, 0.6) is 0 Å². The van der Waals surface area contributed by atoms with Gasteiger partial charge in [-0.05, 0) is 11.6 Å². The molecule has 2 aromatic rings. The van der Waals surface area contributed by atoms with Crippen molar-refractivity contribution in [1.82, 2.24) is 14.6 Å². The smallest absolute Gasteiger partial charge is 0.387 e. The van der Waals surface area contributed by atoms with Crippen LogP contribution in [-0.4, -0.2) is 47.7 Å². The normalized spacial score (nSPS) is 33.2. The molecule has 0 bridgehead atoms. The van der Waals surface area contributed by atoms with Crippen LogP contribution >= 0.6 is 19.5 Å². The number of nitrogens with two attached hydrogens (primary N) is 1. The molecule has 1 aliphatic carbocycles. The lowest BCUT2D eigenvalue weighted by atomic mass is 10.1. The van der Waals surface area contributed by atoms with E-state index in [1.807, 2.05) is 6.07 Å². The second kappa shape index (κ2) is 6.96. The number of fused-ring (bicyclic) bond motifs is 1. The number of hydrogen-bond acceptors (Lipinski definition) is 8. The first-order valence-corrected chi connectivity index (χ1v) is 11.0. The maximum Gasteiger partial charge on any atom is 0.403 e. The Hall–Kier alpha value is -1.72. The average molecular weight is 426 g/mol. The van der Waals surface area contributed by atoms with Gasteiger partial charge in [0.1, 0.15) is 29.0 Å². The fraction of sp³-hybridized carbons (Fsp3) is 0.375. The van der Waals surface area contributed by atoms with E-state index in [0.29, 0.717) is 0 Å². The fourth-order valence-corrected chi connectivity index (χ4v) is 6.18. The average Bonchev–Trinajstić information content (AvgIpc) is 3.09. The van der Waals surface area contributed by atoms with Gasteiger partial charge >= 0.3 is 13.4 Å². The Bertz CT molecular complexity index is 991. The molecule has 1 saturated heterocycles. The van der Waals surface area contributed by atoms with Gasteiger partial charge in [-0.2, -0.15) is 4.98 Å². The predicted octanol–water partition coefficient (Wildman–Crippen LogP) is -0.180. The number of benzene rings is 1. The maximum atomic E-state index is 12.3. The third-order valence-corrected chi connectivity index (χ3v) is 7.57. The van der Waals surface area contributed by atoms with Crippen molar-refractivity contribution in [3.8, 4) is 0 Å². The number of nitrogen functional groups attached to an aromatic ring is 1. The minimum absolute atomic E-state index is 0.0505. The summed E-state index contributed by atoms with van der Waals surface area (Å²) in [6, 6.07) is 10.4. The standard InChI is InChI=1S/C16H19N4O6PS/c17-10-6-7-20(15(22)19-10)14-11(21)16(23)12(13(16)28-14)26-27(24,25)18-8-9-4-2-1-3-5-9/h1-7,11-14,21,23H,8H2,(H2,17,19,22)(H2,18,24,25)/t11-,12?,13-,14-,16-/m1/s1. The Kier molecular flexibility index (Phi) is 4.87. The molecule has 1 aliphatic heterocycles. The summed E-state index contributed by atoms with van der Waals surface area (Å²) in [6.45, 7) is 0.106. The second-order valence-electron chi connectivity index (χ2n) is 6.69. The van der Waals surface area contributed by atoms with Crippen molar-refractivity contribution < 1.29 is 24.2 Å². The largest absolute Gasteiger partial charge is 0.403 e. The third kappa shape index (κ3) is 3.39. The molecule has 1 aromatic carbocycles. The van der Waals surface area contributed by atoms with Crippen molar-refractivity contribution in [1.29, 1.82) is 0 Å². The SMILES string of the molecule is Nc1ccn([C@@H]2S[C@@H]3C(OP(=O)(O)NCc4ccccc4)[C@]3(O)[C@@H]2O)c(=O)n1. The first-order valence-electron chi connectivity index (χ1n) is 8.43. The van der Waals surface area contributed by atoms with Gasteiger partial charge in [-0.3, -0.25) is 9.09 Å². The molecule has 1 aromatic heterocycles. The van der Waals surface area contributed by atoms with Crippen LogP contribution < -0.4 is 16.5 Å². The Balaban J connectivity index is 1.41. The number of nitrogens with one attached hydrogen (secondary N) is 1. The van der Waals surface area contributed by atoms with Gasteiger partial charge in [-0.25, -0.2) is 14.4 Å². The van der Waals surface area contributed by atoms with Crippen LogP contribution in [0, 0.1) is 0 Å². The molecule has 0 amide bonds. The van der Waals surface area contributed by atoms with E-state index in [-0.39, 0.29) is 12.4 Å². The van der Waals surface area contributed by atoms with Crippen LogP contribution in [0.3, 0.4) is 0 Å². The minimum Gasteiger partial charge on any atom is -0.387 e. The Morgan fingerprint density at radius 3 is 2.68 bits per heavy atom. The van der Waals surface area contributed by atoms with Gasteiger partial charge in [-0.1, -0.05) is 30.3 Å². The number of aromatic nitrogens is 2. The molecule has 2 heterocycles. The van der Waals surface area contributed by atoms with Gasteiger partial charge in [0, 0.05) is 12.7 Å². The van der Waals surface area contributed by atoms with Gasteiger partial charge in [0.15, 0.2) is 0 Å². The van der Waals surface area contributed by atoms with Crippen LogP contribution in [0.4, 0.5) is 5.82 Å². The monoisotopic (exact) mass is 426 g/mol. The van der Waals surface area contributed by atoms with Gasteiger partial charge < -0.3 is 20.8 Å². The molecule has 150 valence electrons. The van der Waals surface area contributed by atoms with E-state index in [2.05, 4.69) is 10.1 Å². The Labute approximate surface area is 164 Å². The second-order valence-corrected chi connectivity index (χ2v) is 9.52. The highest BCUT2D eigenvalue weighted by Gasteiger charge is 2.78. The van der Waals surface area contributed by atoms with Crippen molar-refractivity contribution in [2.75, 3.05) is 5.73 Å². The minimum atomic E-state index is -4.21. The Morgan fingerprint density at radius 1 is 1.36 bits per heavy atom. The van der Waals surface area contributed by atoms with E-state index >= 15 is 0 Å². The number of hydrogen-bond donors (Lipinski definition) is 5. The van der Waals surface area contributed by atoms with E-state index in [1.54, 1.807) is 24.3 Å². The molecule has 6 N–H and O–H groups in total. The van der Waals surface area contributed by atoms with E-state index in [9.17, 15) is 24.5 Å². The highest BCUT2D eigenvalue weighted by molar-refractivity contribution is 8.00. The van der Waals surface area contributed by atoms with Crippen LogP contribution in [0.1, 0.15) is 10.9 Å². The first kappa shape index (κ1) is 19.6. The number of thioether (sulfide) groups is 1. The number of anilines is 1. The number of aliphatic hydroxyl groups excluding tert-OH is 1. The van der Waals surface area contributed by atoms with Gasteiger partial charge in [0.05, 0.1) is 5.25 Å². The van der Waals surface area contributed by atoms with Gasteiger partial charge in [0.2, 0.25) is 0 Å². The summed E-state index contributed by atoms with van der Waals surface area (Å²) >= 11 is 1.08. The molecular weight excluding hydrogens is 407 g/mol. The third-order valence-electron chi connectivity index (χ3n) is 4.82. The molecule has 4 rings (SSSR count). The summed E-state index contributed by atoms with van der Waals surface area (Å²) in [4.78, 5) is 25.6. The lowest BCUT2D eigenvalue weighted by Crippen LogP contribution is -2.39. The number of rotatable bonds is 6. The first-order chi connectivity index (χ1) is 13.2. The topological polar surface area (TPSA) is 160 Å². The highest BCUT2D eigenvalue weighted by atomic mass is 32.2. The van der Waals surface area contributed by atoms with E-state index in [4.69, 9.17) is 10.3 Å². The highest BCUT2D eigenvalue weighted by Crippen LogP contribution is 2.65. The Morgan fingerprint density at radius 2 is 2.07 bits per heavy atom. The van der Waals surface area contributed by atoms with Crippen LogP contribution in [0.15, 0.2) is 47.4 Å².